The van der Waals surface area contributed by atoms with Gasteiger partial charge in [0.2, 0.25) is 5.92 Å². The summed E-state index contributed by atoms with van der Waals surface area (Å²) >= 11 is 6.49. The first-order chi connectivity index (χ1) is 14.3. The molecule has 2 heterocycles. The first-order valence-corrected chi connectivity index (χ1v) is 11.2. The van der Waals surface area contributed by atoms with Crippen LogP contribution in [0.1, 0.15) is 48.9 Å². The number of Topliss-reactive ketones (excluding diaryl/α,β-unsaturated/α-hetero) is 1. The van der Waals surface area contributed by atoms with Gasteiger partial charge in [-0.3, -0.25) is 9.69 Å². The molecule has 7 heteroatoms. The van der Waals surface area contributed by atoms with E-state index in [2.05, 4.69) is 16.5 Å². The van der Waals surface area contributed by atoms with Crippen molar-refractivity contribution in [1.82, 2.24) is 9.47 Å². The molecule has 0 radical (unpaired) electrons. The van der Waals surface area contributed by atoms with Crippen LogP contribution in [0, 0.1) is 5.92 Å². The number of likely N-dealkylation sites (N-methyl/N-ethyl adjacent to an activating group) is 1. The molecule has 1 aromatic heterocycles. The highest BCUT2D eigenvalue weighted by atomic mass is 35.5. The van der Waals surface area contributed by atoms with E-state index < -0.39 is 5.92 Å². The zero-order valence-electron chi connectivity index (χ0n) is 17.4. The number of halogens is 3. The van der Waals surface area contributed by atoms with Gasteiger partial charge in [-0.05, 0) is 44.4 Å². The third kappa shape index (κ3) is 4.71. The Hall–Kier alpha value is -1.50. The lowest BCUT2D eigenvalue weighted by molar-refractivity contribution is -0.0464. The second kappa shape index (κ2) is 8.93. The molecule has 1 atom stereocenters. The molecule has 2 aliphatic rings. The summed E-state index contributed by atoms with van der Waals surface area (Å²) in [7, 11) is 2.09. The van der Waals surface area contributed by atoms with Crippen LogP contribution in [-0.4, -0.2) is 54.0 Å². The highest BCUT2D eigenvalue weighted by Gasteiger charge is 2.35. The number of ether oxygens (including phenoxy) is 1. The Balaban J connectivity index is 1.51. The van der Waals surface area contributed by atoms with E-state index in [1.807, 2.05) is 24.4 Å². The summed E-state index contributed by atoms with van der Waals surface area (Å²) in [5, 5.41) is 1.36. The van der Waals surface area contributed by atoms with E-state index in [0.717, 1.165) is 30.6 Å². The van der Waals surface area contributed by atoms with Crippen molar-refractivity contribution in [3.8, 4) is 0 Å². The molecule has 0 amide bonds. The SMILES string of the molecule is CN1CCOCC1Cn1cc(C(=O)CCC2CCC(F)(F)CC2)c2c(Cl)cccc21. The third-order valence-corrected chi connectivity index (χ3v) is 7.02. The van der Waals surface area contributed by atoms with Gasteiger partial charge in [-0.25, -0.2) is 8.78 Å². The zero-order chi connectivity index (χ0) is 21.3. The van der Waals surface area contributed by atoms with E-state index in [9.17, 15) is 13.6 Å². The largest absolute Gasteiger partial charge is 0.378 e. The van der Waals surface area contributed by atoms with Crippen molar-refractivity contribution < 1.29 is 18.3 Å². The van der Waals surface area contributed by atoms with Crippen LogP contribution >= 0.6 is 11.6 Å². The quantitative estimate of drug-likeness (QED) is 0.565. The number of hydrogen-bond donors (Lipinski definition) is 0. The van der Waals surface area contributed by atoms with E-state index in [1.54, 1.807) is 0 Å². The number of ketones is 1. The van der Waals surface area contributed by atoms with Crippen molar-refractivity contribution >= 4 is 28.3 Å². The van der Waals surface area contributed by atoms with E-state index in [0.29, 0.717) is 42.9 Å². The molecule has 2 fully saturated rings. The Morgan fingerprint density at radius 3 is 2.80 bits per heavy atom. The maximum absolute atomic E-state index is 13.4. The second-order valence-electron chi connectivity index (χ2n) is 8.80. The summed E-state index contributed by atoms with van der Waals surface area (Å²) < 4.78 is 34.5. The maximum atomic E-state index is 13.4. The number of carbonyl (C=O) groups excluding carboxylic acids is 1. The van der Waals surface area contributed by atoms with E-state index in [4.69, 9.17) is 16.3 Å². The predicted molar refractivity (Wildman–Crippen MR) is 115 cm³/mol. The van der Waals surface area contributed by atoms with Crippen molar-refractivity contribution in [3.05, 3.63) is 35.0 Å². The lowest BCUT2D eigenvalue weighted by Crippen LogP contribution is -2.45. The molecule has 1 saturated carbocycles. The molecule has 4 rings (SSSR count). The van der Waals surface area contributed by atoms with Crippen LogP contribution in [0.25, 0.3) is 10.9 Å². The van der Waals surface area contributed by atoms with Crippen LogP contribution in [-0.2, 0) is 11.3 Å². The fourth-order valence-electron chi connectivity index (χ4n) is 4.69. The summed E-state index contributed by atoms with van der Waals surface area (Å²) in [5.74, 6) is -2.29. The molecular weight excluding hydrogens is 410 g/mol. The van der Waals surface area contributed by atoms with Gasteiger partial charge in [-0.15, -0.1) is 0 Å². The van der Waals surface area contributed by atoms with Crippen LogP contribution in [0.3, 0.4) is 0 Å². The van der Waals surface area contributed by atoms with Crippen molar-refractivity contribution in [2.24, 2.45) is 5.92 Å². The first kappa shape index (κ1) is 21.7. The number of morpholine rings is 1. The van der Waals surface area contributed by atoms with Gasteiger partial charge in [-0.1, -0.05) is 17.7 Å². The number of carbonyl (C=O) groups is 1. The van der Waals surface area contributed by atoms with Crippen LogP contribution in [0.15, 0.2) is 24.4 Å². The second-order valence-corrected chi connectivity index (χ2v) is 9.21. The van der Waals surface area contributed by atoms with Gasteiger partial charge in [0.15, 0.2) is 5.78 Å². The number of fused-ring (bicyclic) bond motifs is 1. The topological polar surface area (TPSA) is 34.5 Å². The number of nitrogens with zero attached hydrogens (tertiary/aromatic N) is 2. The minimum atomic E-state index is -2.53. The summed E-state index contributed by atoms with van der Waals surface area (Å²) in [4.78, 5) is 15.4. The Morgan fingerprint density at radius 2 is 2.07 bits per heavy atom. The van der Waals surface area contributed by atoms with Gasteiger partial charge >= 0.3 is 0 Å². The lowest BCUT2D eigenvalue weighted by atomic mass is 9.83. The van der Waals surface area contributed by atoms with Gasteiger partial charge in [0.05, 0.1) is 29.8 Å². The maximum Gasteiger partial charge on any atom is 0.248 e. The van der Waals surface area contributed by atoms with Gasteiger partial charge in [0, 0.05) is 49.5 Å². The van der Waals surface area contributed by atoms with Crippen LogP contribution < -0.4 is 0 Å². The van der Waals surface area contributed by atoms with Crippen LogP contribution in [0.5, 0.6) is 0 Å². The average molecular weight is 439 g/mol. The number of aromatic nitrogens is 1. The fourth-order valence-corrected chi connectivity index (χ4v) is 4.96. The van der Waals surface area contributed by atoms with Crippen molar-refractivity contribution in [3.63, 3.8) is 0 Å². The molecule has 4 nitrogen and oxygen atoms in total. The number of rotatable bonds is 6. The van der Waals surface area contributed by atoms with Gasteiger partial charge < -0.3 is 9.30 Å². The van der Waals surface area contributed by atoms with Crippen molar-refractivity contribution in [1.29, 1.82) is 0 Å². The molecule has 1 unspecified atom stereocenters. The molecule has 0 bridgehead atoms. The van der Waals surface area contributed by atoms with E-state index in [1.165, 1.54) is 0 Å². The Bertz CT molecular complexity index is 904. The van der Waals surface area contributed by atoms with Gasteiger partial charge in [-0.2, -0.15) is 0 Å². The highest BCUT2D eigenvalue weighted by molar-refractivity contribution is 6.37. The summed E-state index contributed by atoms with van der Waals surface area (Å²) in [6.07, 6.45) is 3.81. The van der Waals surface area contributed by atoms with Crippen LogP contribution in [0.4, 0.5) is 8.78 Å². The molecular formula is C23H29ClF2N2O2. The molecule has 1 saturated heterocycles. The molecule has 1 aliphatic heterocycles. The summed E-state index contributed by atoms with van der Waals surface area (Å²) in [5.41, 5.74) is 1.58. The van der Waals surface area contributed by atoms with Crippen LogP contribution in [0.2, 0.25) is 5.02 Å². The molecule has 164 valence electrons. The number of hydrogen-bond acceptors (Lipinski definition) is 3. The molecule has 1 aromatic carbocycles. The smallest absolute Gasteiger partial charge is 0.248 e. The highest BCUT2D eigenvalue weighted by Crippen LogP contribution is 2.38. The number of benzene rings is 1. The normalized spacial score (nSPS) is 23.1. The average Bonchev–Trinajstić information content (AvgIpc) is 3.09. The molecule has 2 aromatic rings. The standard InChI is InChI=1S/C23H29ClF2N2O2/c1-27-11-12-30-15-17(27)13-28-14-18(22-19(24)3-2-4-20(22)28)21(29)6-5-16-7-9-23(25,26)10-8-16/h2-4,14,16-17H,5-13,15H2,1H3. The lowest BCUT2D eigenvalue weighted by Gasteiger charge is -2.32. The van der Waals surface area contributed by atoms with E-state index >= 15 is 0 Å². The monoisotopic (exact) mass is 438 g/mol. The Labute approximate surface area is 181 Å². The third-order valence-electron chi connectivity index (χ3n) is 6.70. The predicted octanol–water partition coefficient (Wildman–Crippen LogP) is 5.41. The fraction of sp³-hybridized carbons (Fsp3) is 0.609. The van der Waals surface area contributed by atoms with Gasteiger partial charge in [0.1, 0.15) is 0 Å². The molecule has 0 spiro atoms. The van der Waals surface area contributed by atoms with Crippen molar-refractivity contribution in [2.45, 2.75) is 57.0 Å². The van der Waals surface area contributed by atoms with Gasteiger partial charge in [0.25, 0.3) is 0 Å². The molecule has 1 aliphatic carbocycles. The zero-order valence-corrected chi connectivity index (χ0v) is 18.1. The summed E-state index contributed by atoms with van der Waals surface area (Å²) in [6.45, 7) is 3.00. The minimum Gasteiger partial charge on any atom is -0.378 e. The molecule has 0 N–H and O–H groups in total. The minimum absolute atomic E-state index is 0.0393. The first-order valence-electron chi connectivity index (χ1n) is 10.8. The Morgan fingerprint density at radius 1 is 1.30 bits per heavy atom. The molecule has 30 heavy (non-hydrogen) atoms. The number of alkyl halides is 2. The Kier molecular flexibility index (Phi) is 6.47. The van der Waals surface area contributed by atoms with E-state index in [-0.39, 0.29) is 30.6 Å². The summed E-state index contributed by atoms with van der Waals surface area (Å²) in [6, 6.07) is 5.94. The van der Waals surface area contributed by atoms with Crippen molar-refractivity contribution in [2.75, 3.05) is 26.8 Å².